The van der Waals surface area contributed by atoms with E-state index in [1.54, 1.807) is 6.07 Å². The lowest BCUT2D eigenvalue weighted by molar-refractivity contribution is -0.120. The number of phenolic OH excluding ortho intramolecular Hbond substituents is 1. The van der Waals surface area contributed by atoms with Crippen molar-refractivity contribution in [2.75, 3.05) is 5.88 Å². The van der Waals surface area contributed by atoms with E-state index in [1.807, 2.05) is 6.92 Å². The molecule has 2 N–H and O–H groups in total. The molecule has 30 heavy (non-hydrogen) atoms. The third kappa shape index (κ3) is 3.47. The van der Waals surface area contributed by atoms with Crippen LogP contribution in [0.5, 0.6) is 5.75 Å². The molecule has 6 heteroatoms. The minimum Gasteiger partial charge on any atom is -0.505 e. The van der Waals surface area contributed by atoms with Crippen molar-refractivity contribution in [2.45, 2.75) is 82.9 Å². The van der Waals surface area contributed by atoms with E-state index in [0.29, 0.717) is 18.7 Å². The van der Waals surface area contributed by atoms with E-state index >= 15 is 4.39 Å². The summed E-state index contributed by atoms with van der Waals surface area (Å²) in [6.45, 7) is 3.97. The van der Waals surface area contributed by atoms with E-state index < -0.39 is 17.2 Å². The Bertz CT molecular complexity index is 814. The number of aliphatic hydroxyl groups is 1. The van der Waals surface area contributed by atoms with Gasteiger partial charge in [-0.1, -0.05) is 43.0 Å². The zero-order valence-electron chi connectivity index (χ0n) is 17.7. The van der Waals surface area contributed by atoms with Gasteiger partial charge >= 0.3 is 0 Å². The van der Waals surface area contributed by atoms with Crippen molar-refractivity contribution in [2.24, 2.45) is 23.2 Å². The molecule has 1 aromatic carbocycles. The second-order valence-corrected chi connectivity index (χ2v) is 11.4. The van der Waals surface area contributed by atoms with E-state index in [2.05, 4.69) is 6.92 Å². The molecule has 2 fully saturated rings. The number of hydrogen-bond donors (Lipinski definition) is 2. The summed E-state index contributed by atoms with van der Waals surface area (Å²) in [6, 6.07) is 1.74. The Labute approximate surface area is 194 Å². The van der Waals surface area contributed by atoms with E-state index in [4.69, 9.17) is 34.8 Å². The van der Waals surface area contributed by atoms with Gasteiger partial charge in [-0.05, 0) is 80.4 Å². The molecular formula is C24H32Cl3FO2. The van der Waals surface area contributed by atoms with Crippen LogP contribution in [0.25, 0.3) is 0 Å². The molecule has 2 saturated carbocycles. The lowest BCUT2D eigenvalue weighted by atomic mass is 9.50. The van der Waals surface area contributed by atoms with Gasteiger partial charge in [-0.15, -0.1) is 11.6 Å². The van der Waals surface area contributed by atoms with Crippen molar-refractivity contribution in [3.8, 4) is 5.75 Å². The summed E-state index contributed by atoms with van der Waals surface area (Å²) in [7, 11) is 0. The van der Waals surface area contributed by atoms with E-state index in [0.717, 1.165) is 49.7 Å². The highest BCUT2D eigenvalue weighted by atomic mass is 35.5. The van der Waals surface area contributed by atoms with Crippen LogP contribution in [0.2, 0.25) is 10.0 Å². The predicted molar refractivity (Wildman–Crippen MR) is 122 cm³/mol. The number of unbranched alkanes of at least 4 members (excludes halogenated alkanes) is 2. The summed E-state index contributed by atoms with van der Waals surface area (Å²) in [6.07, 6.45) is 5.71. The molecule has 1 aromatic rings. The van der Waals surface area contributed by atoms with Crippen LogP contribution in [-0.2, 0) is 6.42 Å². The molecule has 0 saturated heterocycles. The van der Waals surface area contributed by atoms with E-state index in [-0.39, 0.29) is 39.5 Å². The maximum Gasteiger partial charge on any atom is 0.153 e. The third-order valence-electron chi connectivity index (χ3n) is 8.79. The molecule has 0 heterocycles. The molecule has 2 nitrogen and oxygen atoms in total. The number of alkyl halides is 2. The minimum absolute atomic E-state index is 0.101. The summed E-state index contributed by atoms with van der Waals surface area (Å²) >= 11 is 18.6. The number of aromatic hydroxyl groups is 1. The van der Waals surface area contributed by atoms with Gasteiger partial charge in [-0.3, -0.25) is 0 Å². The average Bonchev–Trinajstić information content (AvgIpc) is 2.92. The zero-order valence-corrected chi connectivity index (χ0v) is 20.0. The Morgan fingerprint density at radius 3 is 2.63 bits per heavy atom. The lowest BCUT2D eigenvalue weighted by Crippen LogP contribution is -2.55. The smallest absolute Gasteiger partial charge is 0.153 e. The molecule has 3 aliphatic rings. The molecule has 168 valence electrons. The van der Waals surface area contributed by atoms with Crippen LogP contribution < -0.4 is 0 Å². The van der Waals surface area contributed by atoms with Crippen molar-refractivity contribution in [1.82, 2.24) is 0 Å². The lowest BCUT2D eigenvalue weighted by Gasteiger charge is -2.56. The molecule has 0 amide bonds. The maximum atomic E-state index is 15.9. The highest BCUT2D eigenvalue weighted by Crippen LogP contribution is 2.66. The topological polar surface area (TPSA) is 40.5 Å². The summed E-state index contributed by atoms with van der Waals surface area (Å²) in [4.78, 5) is 0. The first-order valence-electron chi connectivity index (χ1n) is 11.2. The molecule has 7 atom stereocenters. The first-order chi connectivity index (χ1) is 14.1. The Kier molecular flexibility index (Phi) is 6.34. The monoisotopic (exact) mass is 476 g/mol. The van der Waals surface area contributed by atoms with Crippen molar-refractivity contribution >= 4 is 34.8 Å². The molecule has 0 spiro atoms. The SMILES string of the molecule is C[C@]12C[C@H](F)[C@@H]3c4cc(Cl)c(O)c(Cl)c4C[C@@H](CCCCCCl)[C@H]3[C@@H]1CC[C@@]2(C)O. The van der Waals surface area contributed by atoms with Crippen molar-refractivity contribution in [3.05, 3.63) is 27.2 Å². The van der Waals surface area contributed by atoms with Crippen LogP contribution in [0.15, 0.2) is 6.07 Å². The largest absolute Gasteiger partial charge is 0.505 e. The van der Waals surface area contributed by atoms with Crippen molar-refractivity contribution in [1.29, 1.82) is 0 Å². The highest BCUT2D eigenvalue weighted by molar-refractivity contribution is 6.37. The van der Waals surface area contributed by atoms with Crippen LogP contribution in [0.1, 0.15) is 75.8 Å². The number of rotatable bonds is 5. The van der Waals surface area contributed by atoms with Crippen molar-refractivity contribution < 1.29 is 14.6 Å². The van der Waals surface area contributed by atoms with Gasteiger partial charge in [0.1, 0.15) is 6.17 Å². The van der Waals surface area contributed by atoms with Gasteiger partial charge in [-0.25, -0.2) is 4.39 Å². The summed E-state index contributed by atoms with van der Waals surface area (Å²) in [5, 5.41) is 21.9. The fraction of sp³-hybridized carbons (Fsp3) is 0.750. The van der Waals surface area contributed by atoms with Crippen molar-refractivity contribution in [3.63, 3.8) is 0 Å². The summed E-state index contributed by atoms with van der Waals surface area (Å²) < 4.78 is 15.9. The van der Waals surface area contributed by atoms with Gasteiger partial charge in [0, 0.05) is 17.2 Å². The first-order valence-corrected chi connectivity index (χ1v) is 12.5. The number of halogens is 4. The minimum atomic E-state index is -1.07. The first kappa shape index (κ1) is 23.0. The highest BCUT2D eigenvalue weighted by Gasteiger charge is 2.63. The zero-order chi connectivity index (χ0) is 21.8. The predicted octanol–water partition coefficient (Wildman–Crippen LogP) is 7.28. The Hall–Kier alpha value is -0.220. The molecule has 3 aliphatic carbocycles. The number of fused-ring (bicyclic) bond motifs is 5. The van der Waals surface area contributed by atoms with Gasteiger partial charge in [0.05, 0.1) is 15.6 Å². The number of phenols is 1. The second-order valence-electron chi connectivity index (χ2n) is 10.3. The number of benzene rings is 1. The van der Waals surface area contributed by atoms with Gasteiger partial charge in [0.2, 0.25) is 0 Å². The third-order valence-corrected chi connectivity index (χ3v) is 9.75. The molecule has 0 unspecified atom stereocenters. The second kappa shape index (κ2) is 8.28. The Morgan fingerprint density at radius 2 is 1.93 bits per heavy atom. The van der Waals surface area contributed by atoms with Gasteiger partial charge in [-0.2, -0.15) is 0 Å². The molecule has 0 radical (unpaired) electrons. The van der Waals surface area contributed by atoms with Crippen LogP contribution in [0.4, 0.5) is 4.39 Å². The van der Waals surface area contributed by atoms with Gasteiger partial charge in [0.25, 0.3) is 0 Å². The summed E-state index contributed by atoms with van der Waals surface area (Å²) in [5.41, 5.74) is 0.453. The average molecular weight is 478 g/mol. The molecule has 0 aromatic heterocycles. The quantitative estimate of drug-likeness (QED) is 0.345. The van der Waals surface area contributed by atoms with Gasteiger partial charge in [0.15, 0.2) is 5.75 Å². The Balaban J connectivity index is 1.77. The maximum absolute atomic E-state index is 15.9. The van der Waals surface area contributed by atoms with E-state index in [9.17, 15) is 10.2 Å². The normalized spacial score (nSPS) is 40.0. The van der Waals surface area contributed by atoms with Crippen LogP contribution in [0, 0.1) is 23.2 Å². The molecule has 0 aliphatic heterocycles. The molecular weight excluding hydrogens is 446 g/mol. The fourth-order valence-corrected chi connectivity index (χ4v) is 7.76. The number of hydrogen-bond acceptors (Lipinski definition) is 2. The van der Waals surface area contributed by atoms with E-state index in [1.165, 1.54) is 0 Å². The summed E-state index contributed by atoms with van der Waals surface area (Å²) in [5.74, 6) is 0.960. The molecule has 0 bridgehead atoms. The standard InChI is InChI=1S/C24H32Cl3FO2/c1-23-12-18(28)20-14-11-17(26)22(29)21(27)15(14)10-13(6-4-3-5-9-25)19(20)16(23)7-8-24(23,2)30/h11,13,16,18-20,29-30H,3-10,12H2,1-2H3/t13-,16+,18+,19+,20+,23+,24-/m1/s1. The molecule has 4 rings (SSSR count). The van der Waals surface area contributed by atoms with Crippen LogP contribution in [-0.4, -0.2) is 27.9 Å². The van der Waals surface area contributed by atoms with Crippen LogP contribution >= 0.6 is 34.8 Å². The Morgan fingerprint density at radius 1 is 1.20 bits per heavy atom. The van der Waals surface area contributed by atoms with Crippen LogP contribution in [0.3, 0.4) is 0 Å². The fourth-order valence-electron chi connectivity index (χ4n) is 7.02. The van der Waals surface area contributed by atoms with Gasteiger partial charge < -0.3 is 10.2 Å².